The van der Waals surface area contributed by atoms with E-state index in [1.807, 2.05) is 0 Å². The van der Waals surface area contributed by atoms with Crippen LogP contribution < -0.4 is 5.32 Å². The Labute approximate surface area is 104 Å². The number of likely N-dealkylation sites (tertiary alicyclic amines) is 1. The zero-order chi connectivity index (χ0) is 13.0. The molecule has 0 bridgehead atoms. The Hall–Kier alpha value is -2.11. The molecule has 1 aromatic rings. The second kappa shape index (κ2) is 5.48. The Morgan fingerprint density at radius 3 is 2.67 bits per heavy atom. The van der Waals surface area contributed by atoms with Crippen LogP contribution in [0.4, 0.5) is 0 Å². The molecule has 1 aliphatic heterocycles. The molecular weight excluding hydrogens is 236 g/mol. The number of carbonyl (C=O) groups excluding carboxylic acids is 3. The van der Waals surface area contributed by atoms with Gasteiger partial charge in [0.15, 0.2) is 0 Å². The number of imide groups is 1. The van der Waals surface area contributed by atoms with Crippen molar-refractivity contribution in [1.29, 1.82) is 0 Å². The third kappa shape index (κ3) is 2.97. The van der Waals surface area contributed by atoms with Gasteiger partial charge in [0.1, 0.15) is 5.76 Å². The minimum atomic E-state index is -0.209. The third-order valence-electron chi connectivity index (χ3n) is 2.76. The number of carbonyl (C=O) groups is 3. The molecule has 1 aliphatic rings. The van der Waals surface area contributed by atoms with Gasteiger partial charge < -0.3 is 9.73 Å². The quantitative estimate of drug-likeness (QED) is 0.769. The maximum absolute atomic E-state index is 11.5. The number of rotatable bonds is 5. The molecule has 1 N–H and O–H groups in total. The summed E-state index contributed by atoms with van der Waals surface area (Å²) in [7, 11) is 0. The van der Waals surface area contributed by atoms with Gasteiger partial charge in [-0.15, -0.1) is 0 Å². The molecule has 0 aliphatic carbocycles. The highest BCUT2D eigenvalue weighted by Crippen LogP contribution is 2.11. The topological polar surface area (TPSA) is 79.6 Å². The van der Waals surface area contributed by atoms with Gasteiger partial charge in [-0.25, -0.2) is 0 Å². The largest absolute Gasteiger partial charge is 0.467 e. The van der Waals surface area contributed by atoms with Crippen LogP contribution >= 0.6 is 0 Å². The van der Waals surface area contributed by atoms with E-state index >= 15 is 0 Å². The average molecular weight is 250 g/mol. The molecule has 3 amide bonds. The van der Waals surface area contributed by atoms with E-state index in [-0.39, 0.29) is 43.5 Å². The number of hydrogen-bond donors (Lipinski definition) is 1. The molecule has 6 nitrogen and oxygen atoms in total. The number of nitrogens with one attached hydrogen (secondary N) is 1. The highest BCUT2D eigenvalue weighted by Gasteiger charge is 2.28. The first-order chi connectivity index (χ1) is 8.66. The smallest absolute Gasteiger partial charge is 0.229 e. The van der Waals surface area contributed by atoms with Crippen molar-refractivity contribution in [3.63, 3.8) is 0 Å². The van der Waals surface area contributed by atoms with Crippen molar-refractivity contribution in [3.05, 3.63) is 24.2 Å². The van der Waals surface area contributed by atoms with Crippen LogP contribution in [0.25, 0.3) is 0 Å². The maximum Gasteiger partial charge on any atom is 0.229 e. The molecule has 96 valence electrons. The van der Waals surface area contributed by atoms with Crippen molar-refractivity contribution >= 4 is 17.7 Å². The van der Waals surface area contributed by atoms with E-state index in [1.165, 1.54) is 6.26 Å². The van der Waals surface area contributed by atoms with E-state index < -0.39 is 0 Å². The molecule has 1 saturated heterocycles. The van der Waals surface area contributed by atoms with Crippen molar-refractivity contribution in [2.24, 2.45) is 0 Å². The van der Waals surface area contributed by atoms with Crippen molar-refractivity contribution in [2.45, 2.75) is 25.8 Å². The van der Waals surface area contributed by atoms with Crippen LogP contribution in [-0.2, 0) is 20.9 Å². The fraction of sp³-hybridized carbons (Fsp3) is 0.417. The van der Waals surface area contributed by atoms with Gasteiger partial charge in [0.2, 0.25) is 17.7 Å². The lowest BCUT2D eigenvalue weighted by molar-refractivity contribution is -0.138. The summed E-state index contributed by atoms with van der Waals surface area (Å²) in [4.78, 5) is 35.3. The minimum Gasteiger partial charge on any atom is -0.467 e. The molecule has 2 rings (SSSR count). The van der Waals surface area contributed by atoms with E-state index in [0.717, 1.165) is 4.90 Å². The summed E-state index contributed by atoms with van der Waals surface area (Å²) in [5.74, 6) is 0.0632. The van der Waals surface area contributed by atoms with Crippen molar-refractivity contribution in [1.82, 2.24) is 10.2 Å². The Bertz CT molecular complexity index is 437. The molecule has 0 unspecified atom stereocenters. The predicted molar refractivity (Wildman–Crippen MR) is 61.1 cm³/mol. The lowest BCUT2D eigenvalue weighted by Gasteiger charge is -2.12. The van der Waals surface area contributed by atoms with E-state index in [1.54, 1.807) is 12.1 Å². The SMILES string of the molecule is O=C(CCN1C(=O)CCC1=O)NCc1ccco1. The first-order valence-electron chi connectivity index (χ1n) is 5.79. The molecule has 0 radical (unpaired) electrons. The van der Waals surface area contributed by atoms with Gasteiger partial charge in [-0.3, -0.25) is 19.3 Å². The summed E-state index contributed by atoms with van der Waals surface area (Å²) in [6.07, 6.45) is 2.17. The first kappa shape index (κ1) is 12.3. The van der Waals surface area contributed by atoms with Gasteiger partial charge >= 0.3 is 0 Å². The highest BCUT2D eigenvalue weighted by molar-refractivity contribution is 6.02. The molecule has 0 saturated carbocycles. The molecule has 2 heterocycles. The van der Waals surface area contributed by atoms with Gasteiger partial charge in [0, 0.05) is 25.8 Å². The summed E-state index contributed by atoms with van der Waals surface area (Å²) in [5.41, 5.74) is 0. The molecule has 0 atom stereocenters. The molecule has 0 aromatic carbocycles. The first-order valence-corrected chi connectivity index (χ1v) is 5.79. The molecule has 18 heavy (non-hydrogen) atoms. The van der Waals surface area contributed by atoms with Crippen LogP contribution in [0.3, 0.4) is 0 Å². The van der Waals surface area contributed by atoms with Crippen molar-refractivity contribution < 1.29 is 18.8 Å². The minimum absolute atomic E-state index is 0.123. The summed E-state index contributed by atoms with van der Waals surface area (Å²) in [5, 5.41) is 2.66. The predicted octanol–water partition coefficient (Wildman–Crippen LogP) is 0.435. The maximum atomic E-state index is 11.5. The van der Waals surface area contributed by atoms with Crippen LogP contribution in [0, 0.1) is 0 Å². The van der Waals surface area contributed by atoms with Crippen LogP contribution in [0.2, 0.25) is 0 Å². The molecule has 6 heteroatoms. The van der Waals surface area contributed by atoms with Gasteiger partial charge in [-0.2, -0.15) is 0 Å². The fourth-order valence-corrected chi connectivity index (χ4v) is 1.77. The standard InChI is InChI=1S/C12H14N2O4/c15-10(13-8-9-2-1-7-18-9)5-6-14-11(16)3-4-12(14)17/h1-2,7H,3-6,8H2,(H,13,15). The Morgan fingerprint density at radius 2 is 2.06 bits per heavy atom. The molecule has 1 aromatic heterocycles. The van der Waals surface area contributed by atoms with Gasteiger partial charge in [0.05, 0.1) is 12.8 Å². The zero-order valence-electron chi connectivity index (χ0n) is 9.85. The van der Waals surface area contributed by atoms with Crippen molar-refractivity contribution in [3.8, 4) is 0 Å². The summed E-state index contributed by atoms with van der Waals surface area (Å²) in [6.45, 7) is 0.468. The second-order valence-corrected chi connectivity index (χ2v) is 4.05. The van der Waals surface area contributed by atoms with Crippen LogP contribution in [0.5, 0.6) is 0 Å². The van der Waals surface area contributed by atoms with Crippen LogP contribution in [-0.4, -0.2) is 29.2 Å². The summed E-state index contributed by atoms with van der Waals surface area (Å²) in [6, 6.07) is 3.50. The van der Waals surface area contributed by atoms with Crippen LogP contribution in [0.1, 0.15) is 25.0 Å². The van der Waals surface area contributed by atoms with Gasteiger partial charge in [-0.05, 0) is 12.1 Å². The van der Waals surface area contributed by atoms with E-state index in [0.29, 0.717) is 12.3 Å². The van der Waals surface area contributed by atoms with E-state index in [2.05, 4.69) is 5.32 Å². The lowest BCUT2D eigenvalue weighted by Crippen LogP contribution is -2.33. The van der Waals surface area contributed by atoms with Gasteiger partial charge in [0.25, 0.3) is 0 Å². The van der Waals surface area contributed by atoms with Crippen LogP contribution in [0.15, 0.2) is 22.8 Å². The number of amides is 3. The summed E-state index contributed by atoms with van der Waals surface area (Å²) < 4.78 is 5.06. The number of furan rings is 1. The Kier molecular flexibility index (Phi) is 3.76. The highest BCUT2D eigenvalue weighted by atomic mass is 16.3. The second-order valence-electron chi connectivity index (χ2n) is 4.05. The lowest BCUT2D eigenvalue weighted by atomic mass is 10.3. The third-order valence-corrected chi connectivity index (χ3v) is 2.76. The van der Waals surface area contributed by atoms with E-state index in [4.69, 9.17) is 4.42 Å². The van der Waals surface area contributed by atoms with Crippen molar-refractivity contribution in [2.75, 3.05) is 6.54 Å². The fourth-order valence-electron chi connectivity index (χ4n) is 1.77. The molecular formula is C12H14N2O4. The number of nitrogens with zero attached hydrogens (tertiary/aromatic N) is 1. The molecule has 1 fully saturated rings. The van der Waals surface area contributed by atoms with E-state index in [9.17, 15) is 14.4 Å². The normalized spacial score (nSPS) is 15.2. The summed E-state index contributed by atoms with van der Waals surface area (Å²) >= 11 is 0. The van der Waals surface area contributed by atoms with Gasteiger partial charge in [-0.1, -0.05) is 0 Å². The molecule has 0 spiro atoms. The number of hydrogen-bond acceptors (Lipinski definition) is 4. The zero-order valence-corrected chi connectivity index (χ0v) is 9.85. The Morgan fingerprint density at radius 1 is 1.33 bits per heavy atom. The Balaban J connectivity index is 1.71. The monoisotopic (exact) mass is 250 g/mol. The average Bonchev–Trinajstić information content (AvgIpc) is 2.96.